The summed E-state index contributed by atoms with van der Waals surface area (Å²) in [5.74, 6) is 2.30. The van der Waals surface area contributed by atoms with Crippen LogP contribution >= 0.6 is 11.8 Å². The number of pyridine rings is 1. The molecule has 1 saturated heterocycles. The molecule has 1 amide bonds. The van der Waals surface area contributed by atoms with Crippen molar-refractivity contribution in [2.45, 2.75) is 20.4 Å². The molecule has 4 nitrogen and oxygen atoms in total. The molecule has 4 rings (SSSR count). The highest BCUT2D eigenvalue weighted by molar-refractivity contribution is 7.99. The third-order valence-electron chi connectivity index (χ3n) is 5.17. The third kappa shape index (κ3) is 4.14. The third-order valence-corrected chi connectivity index (χ3v) is 6.12. The number of carbonyl (C=O) groups is 1. The van der Waals surface area contributed by atoms with Gasteiger partial charge in [0, 0.05) is 42.2 Å². The molecule has 28 heavy (non-hydrogen) atoms. The van der Waals surface area contributed by atoms with E-state index in [1.807, 2.05) is 49.9 Å². The summed E-state index contributed by atoms with van der Waals surface area (Å²) in [6.45, 7) is 6.67. The fraction of sp³-hybridized carbons (Fsp3) is 0.304. The van der Waals surface area contributed by atoms with Crippen molar-refractivity contribution < 1.29 is 4.79 Å². The van der Waals surface area contributed by atoms with Crippen LogP contribution in [0.15, 0.2) is 48.5 Å². The summed E-state index contributed by atoms with van der Waals surface area (Å²) in [5.41, 5.74) is 5.86. The number of hydrogen-bond acceptors (Lipinski definition) is 4. The van der Waals surface area contributed by atoms with Crippen molar-refractivity contribution in [3.63, 3.8) is 0 Å². The summed E-state index contributed by atoms with van der Waals surface area (Å²) in [7, 11) is 0. The van der Waals surface area contributed by atoms with Gasteiger partial charge in [-0.2, -0.15) is 11.8 Å². The first-order valence-electron chi connectivity index (χ1n) is 9.68. The van der Waals surface area contributed by atoms with Crippen molar-refractivity contribution >= 4 is 34.3 Å². The van der Waals surface area contributed by atoms with Crippen LogP contribution in [0.2, 0.25) is 0 Å². The van der Waals surface area contributed by atoms with E-state index >= 15 is 0 Å². The fourth-order valence-corrected chi connectivity index (χ4v) is 4.43. The number of nitrogens with zero attached hydrogens (tertiary/aromatic N) is 2. The zero-order valence-electron chi connectivity index (χ0n) is 16.4. The van der Waals surface area contributed by atoms with Crippen LogP contribution in [0.1, 0.15) is 27.2 Å². The van der Waals surface area contributed by atoms with E-state index in [9.17, 15) is 4.79 Å². The van der Waals surface area contributed by atoms with Crippen LogP contribution in [0.3, 0.4) is 0 Å². The zero-order valence-corrected chi connectivity index (χ0v) is 17.2. The van der Waals surface area contributed by atoms with Crippen LogP contribution in [0.4, 0.5) is 5.69 Å². The van der Waals surface area contributed by atoms with Crippen molar-refractivity contribution in [3.8, 4) is 0 Å². The molecule has 0 unspecified atom stereocenters. The Morgan fingerprint density at radius 1 is 1.07 bits per heavy atom. The first-order valence-corrected chi connectivity index (χ1v) is 10.8. The second kappa shape index (κ2) is 8.23. The van der Waals surface area contributed by atoms with Gasteiger partial charge in [-0.3, -0.25) is 9.78 Å². The Balaban J connectivity index is 1.43. The second-order valence-electron chi connectivity index (χ2n) is 7.27. The number of nitrogens with one attached hydrogen (secondary N) is 1. The number of anilines is 1. The Morgan fingerprint density at radius 3 is 2.57 bits per heavy atom. The Morgan fingerprint density at radius 2 is 1.82 bits per heavy atom. The van der Waals surface area contributed by atoms with Crippen molar-refractivity contribution in [1.82, 2.24) is 10.3 Å². The van der Waals surface area contributed by atoms with Crippen LogP contribution in [0.25, 0.3) is 10.9 Å². The molecule has 1 fully saturated rings. The SMILES string of the molecule is Cc1ccc2cc(C(=O)NCc3ccc(N4CCSCC4)cc3)c(C)nc2c1. The molecule has 0 spiro atoms. The van der Waals surface area contributed by atoms with Crippen molar-refractivity contribution in [2.24, 2.45) is 0 Å². The number of amides is 1. The Hall–Kier alpha value is -2.53. The molecule has 0 aliphatic carbocycles. The van der Waals surface area contributed by atoms with E-state index in [-0.39, 0.29) is 5.91 Å². The van der Waals surface area contributed by atoms with Crippen molar-refractivity contribution in [2.75, 3.05) is 29.5 Å². The number of benzene rings is 2. The predicted octanol–water partition coefficient (Wildman–Crippen LogP) is 4.33. The number of carbonyl (C=O) groups excluding carboxylic acids is 1. The number of thioether (sulfide) groups is 1. The zero-order chi connectivity index (χ0) is 19.5. The lowest BCUT2D eigenvalue weighted by molar-refractivity contribution is 0.0950. The highest BCUT2D eigenvalue weighted by atomic mass is 32.2. The monoisotopic (exact) mass is 391 g/mol. The molecular formula is C23H25N3OS. The average molecular weight is 392 g/mol. The molecule has 2 heterocycles. The Bertz CT molecular complexity index is 995. The maximum Gasteiger partial charge on any atom is 0.253 e. The molecule has 5 heteroatoms. The van der Waals surface area contributed by atoms with Gasteiger partial charge in [-0.05, 0) is 49.2 Å². The Labute approximate surface area is 170 Å². The van der Waals surface area contributed by atoms with Gasteiger partial charge in [0.25, 0.3) is 5.91 Å². The molecule has 1 aliphatic rings. The van der Waals surface area contributed by atoms with Crippen LogP contribution in [0, 0.1) is 13.8 Å². The van der Waals surface area contributed by atoms with Crippen molar-refractivity contribution in [3.05, 3.63) is 70.9 Å². The number of rotatable bonds is 4. The quantitative estimate of drug-likeness (QED) is 0.719. The van der Waals surface area contributed by atoms with Gasteiger partial charge < -0.3 is 10.2 Å². The molecule has 1 aliphatic heterocycles. The summed E-state index contributed by atoms with van der Waals surface area (Å²) in [6, 6.07) is 16.6. The first-order chi connectivity index (χ1) is 13.6. The average Bonchev–Trinajstić information content (AvgIpc) is 2.72. The number of aromatic nitrogens is 1. The summed E-state index contributed by atoms with van der Waals surface area (Å²) in [4.78, 5) is 19.7. The minimum atomic E-state index is -0.0791. The van der Waals surface area contributed by atoms with Crippen molar-refractivity contribution in [1.29, 1.82) is 0 Å². The first kappa shape index (κ1) is 18.8. The molecule has 0 radical (unpaired) electrons. The van der Waals surface area contributed by atoms with Gasteiger partial charge >= 0.3 is 0 Å². The van der Waals surface area contributed by atoms with Gasteiger partial charge in [0.2, 0.25) is 0 Å². The van der Waals surface area contributed by atoms with Crippen LogP contribution < -0.4 is 10.2 Å². The minimum Gasteiger partial charge on any atom is -0.370 e. The highest BCUT2D eigenvalue weighted by Gasteiger charge is 2.13. The summed E-state index contributed by atoms with van der Waals surface area (Å²) >= 11 is 2.01. The maximum absolute atomic E-state index is 12.7. The Kier molecular flexibility index (Phi) is 5.53. The van der Waals surface area contributed by atoms with Gasteiger partial charge in [-0.15, -0.1) is 0 Å². The minimum absolute atomic E-state index is 0.0791. The smallest absolute Gasteiger partial charge is 0.253 e. The molecule has 1 N–H and O–H groups in total. The van der Waals surface area contributed by atoms with Gasteiger partial charge in [0.15, 0.2) is 0 Å². The topological polar surface area (TPSA) is 45.2 Å². The van der Waals surface area contributed by atoms with Gasteiger partial charge in [0.1, 0.15) is 0 Å². The number of aryl methyl sites for hydroxylation is 2. The van der Waals surface area contributed by atoms with Crippen LogP contribution in [-0.4, -0.2) is 35.5 Å². The second-order valence-corrected chi connectivity index (χ2v) is 8.49. The molecule has 2 aromatic carbocycles. The van der Waals surface area contributed by atoms with E-state index in [2.05, 4.69) is 39.5 Å². The molecule has 144 valence electrons. The molecular weight excluding hydrogens is 366 g/mol. The largest absolute Gasteiger partial charge is 0.370 e. The van der Waals surface area contributed by atoms with Crippen LogP contribution in [-0.2, 0) is 6.54 Å². The lowest BCUT2D eigenvalue weighted by atomic mass is 10.1. The van der Waals surface area contributed by atoms with E-state index in [0.29, 0.717) is 12.1 Å². The number of hydrogen-bond donors (Lipinski definition) is 1. The standard InChI is InChI=1S/C23H25N3OS/c1-16-3-6-19-14-21(17(2)25-22(19)13-16)23(27)24-15-18-4-7-20(8-5-18)26-9-11-28-12-10-26/h3-8,13-14H,9-12,15H2,1-2H3,(H,24,27). The van der Waals surface area contributed by atoms with Gasteiger partial charge in [-0.1, -0.05) is 24.3 Å². The maximum atomic E-state index is 12.7. The van der Waals surface area contributed by atoms with E-state index < -0.39 is 0 Å². The number of fused-ring (bicyclic) bond motifs is 1. The normalized spacial score (nSPS) is 14.3. The fourth-order valence-electron chi connectivity index (χ4n) is 3.53. The lowest BCUT2D eigenvalue weighted by Gasteiger charge is -2.28. The summed E-state index contributed by atoms with van der Waals surface area (Å²) in [5, 5.41) is 4.03. The summed E-state index contributed by atoms with van der Waals surface area (Å²) in [6.07, 6.45) is 0. The molecule has 0 saturated carbocycles. The highest BCUT2D eigenvalue weighted by Crippen LogP contribution is 2.20. The molecule has 0 bridgehead atoms. The van der Waals surface area contributed by atoms with Gasteiger partial charge in [-0.25, -0.2) is 0 Å². The van der Waals surface area contributed by atoms with Crippen LogP contribution in [0.5, 0.6) is 0 Å². The lowest BCUT2D eigenvalue weighted by Crippen LogP contribution is -2.32. The molecule has 1 aromatic heterocycles. The van der Waals surface area contributed by atoms with Gasteiger partial charge in [0.05, 0.1) is 16.8 Å². The van der Waals surface area contributed by atoms with E-state index in [4.69, 9.17) is 0 Å². The van der Waals surface area contributed by atoms with E-state index in [0.717, 1.165) is 35.2 Å². The predicted molar refractivity (Wildman–Crippen MR) is 118 cm³/mol. The van der Waals surface area contributed by atoms with E-state index in [1.54, 1.807) is 0 Å². The summed E-state index contributed by atoms with van der Waals surface area (Å²) < 4.78 is 0. The molecule has 0 atom stereocenters. The molecule has 3 aromatic rings. The van der Waals surface area contributed by atoms with E-state index in [1.165, 1.54) is 22.8 Å².